The first kappa shape index (κ1) is 8.82. The van der Waals surface area contributed by atoms with Crippen molar-refractivity contribution in [2.24, 2.45) is 5.73 Å². The van der Waals surface area contributed by atoms with E-state index in [1.54, 1.807) is 11.3 Å². The van der Waals surface area contributed by atoms with Gasteiger partial charge in [0.15, 0.2) is 5.82 Å². The van der Waals surface area contributed by atoms with Crippen LogP contribution in [0.4, 0.5) is 0 Å². The van der Waals surface area contributed by atoms with E-state index < -0.39 is 0 Å². The van der Waals surface area contributed by atoms with Crippen LogP contribution in [0.15, 0.2) is 24.3 Å². The van der Waals surface area contributed by atoms with E-state index in [0.717, 1.165) is 16.3 Å². The predicted molar refractivity (Wildman–Crippen MR) is 61.0 cm³/mol. The minimum absolute atomic E-state index is 0.0991. The highest BCUT2D eigenvalue weighted by molar-refractivity contribution is 7.23. The van der Waals surface area contributed by atoms with E-state index in [0.29, 0.717) is 0 Å². The fourth-order valence-electron chi connectivity index (χ4n) is 1.70. The summed E-state index contributed by atoms with van der Waals surface area (Å²) in [6.07, 6.45) is 0. The van der Waals surface area contributed by atoms with E-state index in [-0.39, 0.29) is 6.04 Å². The van der Waals surface area contributed by atoms with Gasteiger partial charge in [0.05, 0.1) is 16.3 Å². The minimum atomic E-state index is -0.0991. The number of hydrogen-bond donors (Lipinski definition) is 1. The number of benzene rings is 1. The second-order valence-corrected chi connectivity index (χ2v) is 4.54. The smallest absolute Gasteiger partial charge is 0.217 e. The number of nitrogens with zero attached hydrogens (tertiary/aromatic N) is 3. The summed E-state index contributed by atoms with van der Waals surface area (Å²) < 4.78 is 3.24. The van der Waals surface area contributed by atoms with E-state index in [9.17, 15) is 0 Å². The Morgan fingerprint density at radius 2 is 2.13 bits per heavy atom. The number of nitrogens with two attached hydrogens (primary N) is 1. The number of aromatic nitrogens is 3. The van der Waals surface area contributed by atoms with Gasteiger partial charge >= 0.3 is 0 Å². The highest BCUT2D eigenvalue weighted by atomic mass is 32.1. The van der Waals surface area contributed by atoms with Gasteiger partial charge in [0.25, 0.3) is 0 Å². The Kier molecular flexibility index (Phi) is 1.77. The van der Waals surface area contributed by atoms with Crippen LogP contribution in [0.3, 0.4) is 0 Å². The summed E-state index contributed by atoms with van der Waals surface area (Å²) in [6.45, 7) is 1.92. The van der Waals surface area contributed by atoms with Crippen molar-refractivity contribution in [2.45, 2.75) is 13.0 Å². The van der Waals surface area contributed by atoms with Crippen molar-refractivity contribution in [1.82, 2.24) is 14.6 Å². The van der Waals surface area contributed by atoms with Gasteiger partial charge in [0.2, 0.25) is 4.96 Å². The second kappa shape index (κ2) is 3.01. The zero-order chi connectivity index (χ0) is 10.4. The Balaban J connectivity index is 2.49. The maximum Gasteiger partial charge on any atom is 0.217 e. The first-order valence-electron chi connectivity index (χ1n) is 4.75. The maximum atomic E-state index is 5.86. The monoisotopic (exact) mass is 218 g/mol. The summed E-state index contributed by atoms with van der Waals surface area (Å²) in [7, 11) is 0. The van der Waals surface area contributed by atoms with Crippen LogP contribution < -0.4 is 5.73 Å². The van der Waals surface area contributed by atoms with Gasteiger partial charge in [-0.05, 0) is 19.1 Å². The van der Waals surface area contributed by atoms with E-state index in [4.69, 9.17) is 5.73 Å². The molecule has 2 N–H and O–H groups in total. The normalized spacial score (nSPS) is 13.7. The van der Waals surface area contributed by atoms with Gasteiger partial charge in [-0.1, -0.05) is 23.5 Å². The molecule has 1 aromatic carbocycles. The van der Waals surface area contributed by atoms with E-state index >= 15 is 0 Å². The summed E-state index contributed by atoms with van der Waals surface area (Å²) in [5, 5.41) is 8.23. The molecule has 3 rings (SSSR count). The molecular formula is C10H10N4S. The summed E-state index contributed by atoms with van der Waals surface area (Å²) >= 11 is 1.63. The molecule has 0 saturated heterocycles. The van der Waals surface area contributed by atoms with Crippen LogP contribution in [0.5, 0.6) is 0 Å². The quantitative estimate of drug-likeness (QED) is 0.679. The average Bonchev–Trinajstić information content (AvgIpc) is 2.74. The molecule has 1 atom stereocenters. The summed E-state index contributed by atoms with van der Waals surface area (Å²) in [4.78, 5) is 0.906. The Labute approximate surface area is 90.3 Å². The third-order valence-corrected chi connectivity index (χ3v) is 3.38. The van der Waals surface area contributed by atoms with Crippen LogP contribution in [0.1, 0.15) is 18.8 Å². The number of rotatable bonds is 1. The van der Waals surface area contributed by atoms with E-state index in [1.807, 2.05) is 23.5 Å². The molecule has 2 aromatic heterocycles. The molecule has 15 heavy (non-hydrogen) atoms. The van der Waals surface area contributed by atoms with Crippen LogP contribution in [-0.2, 0) is 0 Å². The summed E-state index contributed by atoms with van der Waals surface area (Å²) in [5.41, 5.74) is 6.99. The number of thiazole rings is 1. The van der Waals surface area contributed by atoms with Gasteiger partial charge in [-0.2, -0.15) is 0 Å². The molecule has 3 aromatic rings. The van der Waals surface area contributed by atoms with Gasteiger partial charge < -0.3 is 5.73 Å². The zero-order valence-electron chi connectivity index (χ0n) is 8.21. The topological polar surface area (TPSA) is 56.2 Å². The molecule has 4 nitrogen and oxygen atoms in total. The first-order valence-corrected chi connectivity index (χ1v) is 5.57. The lowest BCUT2D eigenvalue weighted by molar-refractivity contribution is 0.732. The molecule has 76 valence electrons. The predicted octanol–water partition coefficient (Wildman–Crippen LogP) is 1.96. The van der Waals surface area contributed by atoms with Gasteiger partial charge in [0.1, 0.15) is 0 Å². The zero-order valence-corrected chi connectivity index (χ0v) is 9.03. The molecule has 1 unspecified atom stereocenters. The number of hydrogen-bond acceptors (Lipinski definition) is 4. The Bertz CT molecular complexity index is 622. The lowest BCUT2D eigenvalue weighted by Gasteiger charge is -2.00. The Hall–Kier alpha value is -1.46. The lowest BCUT2D eigenvalue weighted by Crippen LogP contribution is -2.09. The van der Waals surface area contributed by atoms with Crippen LogP contribution in [-0.4, -0.2) is 14.6 Å². The highest BCUT2D eigenvalue weighted by Crippen LogP contribution is 2.27. The third kappa shape index (κ3) is 1.17. The van der Waals surface area contributed by atoms with Crippen LogP contribution in [0.25, 0.3) is 15.2 Å². The van der Waals surface area contributed by atoms with Gasteiger partial charge in [-0.25, -0.2) is 0 Å². The molecule has 0 fully saturated rings. The van der Waals surface area contributed by atoms with Gasteiger partial charge in [-0.3, -0.25) is 4.40 Å². The minimum Gasteiger partial charge on any atom is -0.322 e. The molecule has 5 heteroatoms. The fraction of sp³-hybridized carbons (Fsp3) is 0.200. The standard InChI is InChI=1S/C10H10N4S/c1-6(11)9-12-13-10-14(9)7-4-2-3-5-8(7)15-10/h2-6H,11H2,1H3. The molecule has 0 amide bonds. The van der Waals surface area contributed by atoms with Crippen LogP contribution in [0, 0.1) is 0 Å². The molecular weight excluding hydrogens is 208 g/mol. The van der Waals surface area contributed by atoms with Gasteiger partial charge in [0, 0.05) is 0 Å². The van der Waals surface area contributed by atoms with Crippen molar-refractivity contribution in [3.05, 3.63) is 30.1 Å². The van der Waals surface area contributed by atoms with Crippen molar-refractivity contribution in [3.8, 4) is 0 Å². The third-order valence-electron chi connectivity index (χ3n) is 2.37. The lowest BCUT2D eigenvalue weighted by atomic mass is 10.3. The first-order chi connectivity index (χ1) is 7.27. The average molecular weight is 218 g/mol. The van der Waals surface area contributed by atoms with Crippen LogP contribution in [0.2, 0.25) is 0 Å². The fourth-order valence-corrected chi connectivity index (χ4v) is 2.67. The molecule has 0 aliphatic heterocycles. The second-order valence-electron chi connectivity index (χ2n) is 3.53. The van der Waals surface area contributed by atoms with E-state index in [1.165, 1.54) is 4.70 Å². The largest absolute Gasteiger partial charge is 0.322 e. The molecule has 0 spiro atoms. The number of fused-ring (bicyclic) bond motifs is 3. The van der Waals surface area contributed by atoms with E-state index in [2.05, 4.69) is 22.3 Å². The van der Waals surface area contributed by atoms with Crippen molar-refractivity contribution in [2.75, 3.05) is 0 Å². The Morgan fingerprint density at radius 3 is 2.93 bits per heavy atom. The highest BCUT2D eigenvalue weighted by Gasteiger charge is 2.13. The molecule has 0 radical (unpaired) electrons. The maximum absolute atomic E-state index is 5.86. The summed E-state index contributed by atoms with van der Waals surface area (Å²) in [6, 6.07) is 8.09. The van der Waals surface area contributed by atoms with Crippen LogP contribution >= 0.6 is 11.3 Å². The molecule has 0 bridgehead atoms. The molecule has 0 aliphatic rings. The van der Waals surface area contributed by atoms with Crippen molar-refractivity contribution in [3.63, 3.8) is 0 Å². The Morgan fingerprint density at radius 1 is 1.33 bits per heavy atom. The van der Waals surface area contributed by atoms with Crippen molar-refractivity contribution < 1.29 is 0 Å². The van der Waals surface area contributed by atoms with Crippen molar-refractivity contribution in [1.29, 1.82) is 0 Å². The van der Waals surface area contributed by atoms with Crippen molar-refractivity contribution >= 4 is 26.5 Å². The molecule has 0 saturated carbocycles. The van der Waals surface area contributed by atoms with Gasteiger partial charge in [-0.15, -0.1) is 10.2 Å². The molecule has 0 aliphatic carbocycles. The molecule has 2 heterocycles. The SMILES string of the molecule is CC(N)c1nnc2sc3ccccc3n12. The number of para-hydroxylation sites is 1. The summed E-state index contributed by atoms with van der Waals surface area (Å²) in [5.74, 6) is 0.822.